The van der Waals surface area contributed by atoms with Gasteiger partial charge in [0, 0.05) is 19.1 Å². The predicted octanol–water partition coefficient (Wildman–Crippen LogP) is -1.75. The van der Waals surface area contributed by atoms with Crippen molar-refractivity contribution in [3.63, 3.8) is 0 Å². The lowest BCUT2D eigenvalue weighted by Crippen LogP contribution is -2.56. The van der Waals surface area contributed by atoms with E-state index in [9.17, 15) is 4.79 Å². The van der Waals surface area contributed by atoms with Crippen molar-refractivity contribution in [3.05, 3.63) is 10.5 Å². The zero-order chi connectivity index (χ0) is 7.84. The van der Waals surface area contributed by atoms with Crippen molar-refractivity contribution < 1.29 is 0 Å². The molecule has 0 unspecified atom stereocenters. The molecule has 6 heteroatoms. The second-order valence-electron chi connectivity index (χ2n) is 2.67. The third-order valence-corrected chi connectivity index (χ3v) is 1.70. The number of nitrogens with zero attached hydrogens (tertiary/aromatic N) is 2. The zero-order valence-electron chi connectivity index (χ0n) is 5.87. The number of anilines is 1. The predicted molar refractivity (Wildman–Crippen MR) is 39.4 cm³/mol. The van der Waals surface area contributed by atoms with Crippen LogP contribution in [0.3, 0.4) is 0 Å². The molecule has 0 aromatic carbocycles. The number of aromatic amines is 2. The maximum atomic E-state index is 10.6. The minimum absolute atomic E-state index is 0.218. The Morgan fingerprint density at radius 2 is 2.36 bits per heavy atom. The fourth-order valence-corrected chi connectivity index (χ4v) is 1.10. The van der Waals surface area contributed by atoms with Crippen molar-refractivity contribution in [3.8, 4) is 0 Å². The van der Waals surface area contributed by atoms with Crippen LogP contribution in [0, 0.1) is 0 Å². The normalized spacial score (nSPS) is 18.5. The van der Waals surface area contributed by atoms with E-state index < -0.39 is 0 Å². The first-order valence-electron chi connectivity index (χ1n) is 3.41. The molecule has 0 amide bonds. The second-order valence-corrected chi connectivity index (χ2v) is 2.67. The fourth-order valence-electron chi connectivity index (χ4n) is 1.10. The first kappa shape index (κ1) is 6.41. The highest BCUT2D eigenvalue weighted by atomic mass is 16.1. The minimum Gasteiger partial charge on any atom is -0.338 e. The third-order valence-electron chi connectivity index (χ3n) is 1.70. The Hall–Kier alpha value is -1.30. The summed E-state index contributed by atoms with van der Waals surface area (Å²) in [6, 6.07) is 0.218. The van der Waals surface area contributed by atoms with Crippen molar-refractivity contribution in [2.45, 2.75) is 6.04 Å². The van der Waals surface area contributed by atoms with E-state index in [-0.39, 0.29) is 11.7 Å². The SMILES string of the molecule is NC1CN(c2n[nH]c(=O)[nH]2)C1. The van der Waals surface area contributed by atoms with Crippen molar-refractivity contribution in [2.75, 3.05) is 18.0 Å². The van der Waals surface area contributed by atoms with Gasteiger partial charge in [-0.3, -0.25) is 4.98 Å². The van der Waals surface area contributed by atoms with Crippen LogP contribution in [0.5, 0.6) is 0 Å². The maximum Gasteiger partial charge on any atom is 0.342 e. The molecule has 60 valence electrons. The number of nitrogens with two attached hydrogens (primary N) is 1. The van der Waals surface area contributed by atoms with Crippen LogP contribution in [0.25, 0.3) is 0 Å². The lowest BCUT2D eigenvalue weighted by atomic mass is 10.1. The van der Waals surface area contributed by atoms with Crippen molar-refractivity contribution >= 4 is 5.95 Å². The van der Waals surface area contributed by atoms with Crippen LogP contribution in [0.1, 0.15) is 0 Å². The Morgan fingerprint density at radius 3 is 2.82 bits per heavy atom. The average Bonchev–Trinajstić information content (AvgIpc) is 2.29. The van der Waals surface area contributed by atoms with Gasteiger partial charge in [0.05, 0.1) is 0 Å². The molecule has 0 atom stereocenters. The monoisotopic (exact) mass is 155 g/mol. The molecule has 2 rings (SSSR count). The molecule has 11 heavy (non-hydrogen) atoms. The summed E-state index contributed by atoms with van der Waals surface area (Å²) in [4.78, 5) is 15.0. The molecule has 1 fully saturated rings. The zero-order valence-corrected chi connectivity index (χ0v) is 5.87. The highest BCUT2D eigenvalue weighted by Gasteiger charge is 2.25. The molecule has 1 aliphatic heterocycles. The van der Waals surface area contributed by atoms with Gasteiger partial charge in [-0.05, 0) is 0 Å². The van der Waals surface area contributed by atoms with Crippen LogP contribution in [0.2, 0.25) is 0 Å². The summed E-state index contributed by atoms with van der Waals surface area (Å²) in [6.45, 7) is 1.53. The highest BCUT2D eigenvalue weighted by molar-refractivity contribution is 5.32. The molecular formula is C5H9N5O. The molecule has 0 bridgehead atoms. The van der Waals surface area contributed by atoms with E-state index in [0.29, 0.717) is 5.95 Å². The maximum absolute atomic E-state index is 10.6. The van der Waals surface area contributed by atoms with Crippen LogP contribution < -0.4 is 16.3 Å². The van der Waals surface area contributed by atoms with Gasteiger partial charge >= 0.3 is 5.69 Å². The fraction of sp³-hybridized carbons (Fsp3) is 0.600. The van der Waals surface area contributed by atoms with Crippen LogP contribution in [0.4, 0.5) is 5.95 Å². The van der Waals surface area contributed by atoms with Gasteiger partial charge in [0.2, 0.25) is 5.95 Å². The summed E-state index contributed by atoms with van der Waals surface area (Å²) in [5.41, 5.74) is 5.26. The van der Waals surface area contributed by atoms with Gasteiger partial charge in [-0.1, -0.05) is 0 Å². The van der Waals surface area contributed by atoms with E-state index in [1.165, 1.54) is 0 Å². The molecule has 6 nitrogen and oxygen atoms in total. The summed E-state index contributed by atoms with van der Waals surface area (Å²) in [5.74, 6) is 0.580. The summed E-state index contributed by atoms with van der Waals surface area (Å²) in [7, 11) is 0. The van der Waals surface area contributed by atoms with E-state index >= 15 is 0 Å². The number of nitrogens with one attached hydrogen (secondary N) is 2. The van der Waals surface area contributed by atoms with Crippen molar-refractivity contribution in [2.24, 2.45) is 5.73 Å². The Labute approximate surface area is 62.4 Å². The molecule has 1 aliphatic rings. The largest absolute Gasteiger partial charge is 0.342 e. The quantitative estimate of drug-likeness (QED) is 0.448. The lowest BCUT2D eigenvalue weighted by Gasteiger charge is -2.35. The van der Waals surface area contributed by atoms with E-state index in [0.717, 1.165) is 13.1 Å². The number of hydrogen-bond acceptors (Lipinski definition) is 4. The standard InChI is InChI=1S/C5H9N5O/c6-3-1-10(2-3)4-7-5(11)9-8-4/h3H,1-2,6H2,(H2,7,8,9,11). The topological polar surface area (TPSA) is 90.8 Å². The van der Waals surface area contributed by atoms with E-state index in [2.05, 4.69) is 15.2 Å². The molecule has 0 saturated carbocycles. The Morgan fingerprint density at radius 1 is 1.64 bits per heavy atom. The number of hydrogen-bond donors (Lipinski definition) is 3. The van der Waals surface area contributed by atoms with E-state index in [1.54, 1.807) is 0 Å². The lowest BCUT2D eigenvalue weighted by molar-refractivity contribution is 0.509. The molecule has 0 spiro atoms. The van der Waals surface area contributed by atoms with Crippen LogP contribution in [-0.4, -0.2) is 34.3 Å². The van der Waals surface area contributed by atoms with Gasteiger partial charge in [-0.25, -0.2) is 9.89 Å². The Kier molecular flexibility index (Phi) is 1.22. The smallest absolute Gasteiger partial charge is 0.338 e. The Bertz CT molecular complexity index is 296. The van der Waals surface area contributed by atoms with E-state index in [4.69, 9.17) is 5.73 Å². The van der Waals surface area contributed by atoms with Crippen molar-refractivity contribution in [1.82, 2.24) is 15.2 Å². The van der Waals surface area contributed by atoms with Crippen LogP contribution in [-0.2, 0) is 0 Å². The number of H-pyrrole nitrogens is 2. The Balaban J connectivity index is 2.13. The van der Waals surface area contributed by atoms with Crippen molar-refractivity contribution in [1.29, 1.82) is 0 Å². The molecule has 0 aliphatic carbocycles. The number of rotatable bonds is 1. The molecule has 0 radical (unpaired) electrons. The molecular weight excluding hydrogens is 146 g/mol. The van der Waals surface area contributed by atoms with E-state index in [1.807, 2.05) is 4.90 Å². The summed E-state index contributed by atoms with van der Waals surface area (Å²) >= 11 is 0. The van der Waals surface area contributed by atoms with Gasteiger partial charge in [0.25, 0.3) is 0 Å². The highest BCUT2D eigenvalue weighted by Crippen LogP contribution is 2.11. The first-order valence-corrected chi connectivity index (χ1v) is 3.41. The van der Waals surface area contributed by atoms with Gasteiger partial charge in [0.15, 0.2) is 0 Å². The molecule has 2 heterocycles. The van der Waals surface area contributed by atoms with Crippen LogP contribution in [0.15, 0.2) is 4.79 Å². The average molecular weight is 155 g/mol. The number of aromatic nitrogens is 3. The van der Waals surface area contributed by atoms with Gasteiger partial charge in [-0.2, -0.15) is 0 Å². The summed E-state index contributed by atoms with van der Waals surface area (Å²) in [6.07, 6.45) is 0. The minimum atomic E-state index is -0.277. The van der Waals surface area contributed by atoms with Crippen LogP contribution >= 0.6 is 0 Å². The first-order chi connectivity index (χ1) is 5.25. The summed E-state index contributed by atoms with van der Waals surface area (Å²) in [5, 5.41) is 6.04. The molecule has 1 aromatic rings. The third kappa shape index (κ3) is 1.01. The molecule has 4 N–H and O–H groups in total. The van der Waals surface area contributed by atoms with Gasteiger partial charge in [-0.15, -0.1) is 5.10 Å². The summed E-state index contributed by atoms with van der Waals surface area (Å²) < 4.78 is 0. The second kappa shape index (κ2) is 2.09. The molecule has 1 aromatic heterocycles. The van der Waals surface area contributed by atoms with Gasteiger partial charge < -0.3 is 10.6 Å². The van der Waals surface area contributed by atoms with Gasteiger partial charge in [0.1, 0.15) is 0 Å². The molecule has 1 saturated heterocycles.